The lowest BCUT2D eigenvalue weighted by molar-refractivity contribution is -0.116. The Morgan fingerprint density at radius 3 is 2.00 bits per heavy atom. The summed E-state index contributed by atoms with van der Waals surface area (Å²) in [5, 5.41) is 0. The van der Waals surface area contributed by atoms with Crippen LogP contribution in [0.5, 0.6) is 11.5 Å². The summed E-state index contributed by atoms with van der Waals surface area (Å²) in [5.74, 6) is 1.60. The van der Waals surface area contributed by atoms with E-state index in [4.69, 9.17) is 19.9 Å². The van der Waals surface area contributed by atoms with Crippen molar-refractivity contribution in [3.8, 4) is 11.5 Å². The van der Waals surface area contributed by atoms with E-state index in [-0.39, 0.29) is 10.8 Å². The maximum atomic E-state index is 5.96. The Morgan fingerprint density at radius 2 is 1.68 bits per heavy atom. The molecule has 0 radical (unpaired) electrons. The molecule has 1 aliphatic heterocycles. The summed E-state index contributed by atoms with van der Waals surface area (Å²) < 4.78 is 16.2. The van der Waals surface area contributed by atoms with Crippen LogP contribution in [-0.2, 0) is 10.2 Å². The number of hydrogen-bond donors (Lipinski definition) is 1. The van der Waals surface area contributed by atoms with E-state index in [9.17, 15) is 0 Å². The Kier molecular flexibility index (Phi) is 3.74. The van der Waals surface area contributed by atoms with Crippen LogP contribution in [0.2, 0.25) is 0 Å². The first-order chi connectivity index (χ1) is 8.99. The van der Waals surface area contributed by atoms with E-state index in [1.54, 1.807) is 14.2 Å². The lowest BCUT2D eigenvalue weighted by Gasteiger charge is -2.52. The summed E-state index contributed by atoms with van der Waals surface area (Å²) in [5.41, 5.74) is 7.03. The van der Waals surface area contributed by atoms with Crippen LogP contribution in [0.3, 0.4) is 0 Å². The number of hydrogen-bond acceptors (Lipinski definition) is 4. The molecule has 1 heterocycles. The first-order valence-electron chi connectivity index (χ1n) is 6.50. The quantitative estimate of drug-likeness (QED) is 0.884. The summed E-state index contributed by atoms with van der Waals surface area (Å²) in [6.07, 6.45) is 0. The smallest absolute Gasteiger partial charge is 0.122 e. The predicted octanol–water partition coefficient (Wildman–Crippen LogP) is 1.96. The fourth-order valence-electron chi connectivity index (χ4n) is 2.53. The molecule has 0 atom stereocenters. The maximum Gasteiger partial charge on any atom is 0.122 e. The number of benzene rings is 1. The molecule has 106 valence electrons. The van der Waals surface area contributed by atoms with Gasteiger partial charge < -0.3 is 19.9 Å². The van der Waals surface area contributed by atoms with Crippen molar-refractivity contribution in [1.29, 1.82) is 0 Å². The molecular formula is C15H23NO3. The van der Waals surface area contributed by atoms with Crippen molar-refractivity contribution in [3.63, 3.8) is 0 Å². The molecule has 19 heavy (non-hydrogen) atoms. The molecule has 2 rings (SSSR count). The van der Waals surface area contributed by atoms with Crippen LogP contribution in [-0.4, -0.2) is 34.0 Å². The summed E-state index contributed by atoms with van der Waals surface area (Å²) in [7, 11) is 3.33. The predicted molar refractivity (Wildman–Crippen MR) is 74.9 cm³/mol. The minimum absolute atomic E-state index is 0.0391. The zero-order valence-corrected chi connectivity index (χ0v) is 12.2. The molecule has 2 N–H and O–H groups in total. The average Bonchev–Trinajstić information content (AvgIpc) is 2.36. The van der Waals surface area contributed by atoms with Crippen LogP contribution in [0.4, 0.5) is 0 Å². The molecule has 0 spiro atoms. The van der Waals surface area contributed by atoms with Crippen molar-refractivity contribution in [2.75, 3.05) is 34.0 Å². The highest BCUT2D eigenvalue weighted by Crippen LogP contribution is 2.48. The third-order valence-corrected chi connectivity index (χ3v) is 4.41. The van der Waals surface area contributed by atoms with Gasteiger partial charge >= 0.3 is 0 Å². The van der Waals surface area contributed by atoms with Crippen LogP contribution in [0, 0.1) is 5.41 Å². The molecule has 1 saturated heterocycles. The van der Waals surface area contributed by atoms with Crippen LogP contribution in [0.25, 0.3) is 0 Å². The fraction of sp³-hybridized carbons (Fsp3) is 0.600. The number of nitrogens with two attached hydrogens (primary N) is 1. The van der Waals surface area contributed by atoms with Gasteiger partial charge in [-0.1, -0.05) is 13.8 Å². The molecule has 0 aromatic heterocycles. The summed E-state index contributed by atoms with van der Waals surface area (Å²) in [6.45, 7) is 6.35. The Hall–Kier alpha value is -1.26. The minimum Gasteiger partial charge on any atom is -0.497 e. The van der Waals surface area contributed by atoms with E-state index in [1.807, 2.05) is 6.07 Å². The topological polar surface area (TPSA) is 53.7 Å². The summed E-state index contributed by atoms with van der Waals surface area (Å²) in [4.78, 5) is 0. The minimum atomic E-state index is -0.0659. The van der Waals surface area contributed by atoms with Crippen molar-refractivity contribution in [3.05, 3.63) is 23.8 Å². The molecule has 0 saturated carbocycles. The molecule has 1 aromatic rings. The molecule has 1 fully saturated rings. The average molecular weight is 265 g/mol. The molecule has 0 amide bonds. The van der Waals surface area contributed by atoms with Gasteiger partial charge in [0, 0.05) is 11.5 Å². The highest BCUT2D eigenvalue weighted by atomic mass is 16.5. The van der Waals surface area contributed by atoms with Crippen molar-refractivity contribution in [2.24, 2.45) is 11.1 Å². The van der Waals surface area contributed by atoms with E-state index < -0.39 is 0 Å². The third kappa shape index (κ3) is 2.19. The lowest BCUT2D eigenvalue weighted by atomic mass is 9.60. The van der Waals surface area contributed by atoms with Gasteiger partial charge in [0.15, 0.2) is 0 Å². The van der Waals surface area contributed by atoms with E-state index in [1.165, 1.54) is 5.56 Å². The normalized spacial score (nSPS) is 17.7. The Morgan fingerprint density at radius 1 is 1.16 bits per heavy atom. The van der Waals surface area contributed by atoms with Gasteiger partial charge in [0.1, 0.15) is 11.5 Å². The maximum absolute atomic E-state index is 5.96. The molecule has 0 unspecified atom stereocenters. The zero-order chi connectivity index (χ0) is 14.1. The molecule has 1 aromatic carbocycles. The van der Waals surface area contributed by atoms with Gasteiger partial charge in [-0.25, -0.2) is 0 Å². The van der Waals surface area contributed by atoms with Crippen molar-refractivity contribution in [2.45, 2.75) is 19.3 Å². The number of ether oxygens (including phenoxy) is 3. The second-order valence-corrected chi connectivity index (χ2v) is 5.76. The van der Waals surface area contributed by atoms with Gasteiger partial charge in [0.25, 0.3) is 0 Å². The van der Waals surface area contributed by atoms with Crippen LogP contribution in [0.1, 0.15) is 19.4 Å². The molecule has 0 bridgehead atoms. The van der Waals surface area contributed by atoms with Gasteiger partial charge in [-0.05, 0) is 29.7 Å². The Labute approximate surface area is 114 Å². The molecule has 4 nitrogen and oxygen atoms in total. The van der Waals surface area contributed by atoms with E-state index in [2.05, 4.69) is 26.0 Å². The van der Waals surface area contributed by atoms with Crippen molar-refractivity contribution in [1.82, 2.24) is 0 Å². The summed E-state index contributed by atoms with van der Waals surface area (Å²) in [6, 6.07) is 6.00. The lowest BCUT2D eigenvalue weighted by Crippen LogP contribution is -2.59. The summed E-state index contributed by atoms with van der Waals surface area (Å²) >= 11 is 0. The van der Waals surface area contributed by atoms with E-state index in [0.717, 1.165) is 11.5 Å². The highest BCUT2D eigenvalue weighted by Gasteiger charge is 2.51. The number of rotatable bonds is 5. The zero-order valence-electron chi connectivity index (χ0n) is 12.2. The highest BCUT2D eigenvalue weighted by molar-refractivity contribution is 5.44. The molecule has 4 heteroatoms. The van der Waals surface area contributed by atoms with E-state index >= 15 is 0 Å². The second kappa shape index (κ2) is 5.02. The van der Waals surface area contributed by atoms with Gasteiger partial charge in [-0.2, -0.15) is 0 Å². The van der Waals surface area contributed by atoms with Crippen LogP contribution >= 0.6 is 0 Å². The largest absolute Gasteiger partial charge is 0.497 e. The van der Waals surface area contributed by atoms with Crippen molar-refractivity contribution >= 4 is 0 Å². The van der Waals surface area contributed by atoms with E-state index in [0.29, 0.717) is 19.8 Å². The Bertz CT molecular complexity index is 430. The SMILES string of the molecule is COc1cc(OC)cc(C2(C(C)(C)CN)COC2)c1. The first-order valence-corrected chi connectivity index (χ1v) is 6.50. The van der Waals surface area contributed by atoms with Crippen molar-refractivity contribution < 1.29 is 14.2 Å². The fourth-order valence-corrected chi connectivity index (χ4v) is 2.53. The molecule has 0 aliphatic carbocycles. The van der Waals surface area contributed by atoms with Crippen LogP contribution < -0.4 is 15.2 Å². The van der Waals surface area contributed by atoms with Gasteiger partial charge in [-0.15, -0.1) is 0 Å². The number of methoxy groups -OCH3 is 2. The Balaban J connectivity index is 2.49. The van der Waals surface area contributed by atoms with Crippen LogP contribution in [0.15, 0.2) is 18.2 Å². The van der Waals surface area contributed by atoms with Gasteiger partial charge in [-0.3, -0.25) is 0 Å². The van der Waals surface area contributed by atoms with Gasteiger partial charge in [0.05, 0.1) is 27.4 Å². The monoisotopic (exact) mass is 265 g/mol. The first kappa shape index (κ1) is 14.2. The standard InChI is InChI=1S/C15H23NO3/c1-14(2,8-16)15(9-19-10-15)11-5-12(17-3)7-13(6-11)18-4/h5-7H,8-10,16H2,1-4H3. The second-order valence-electron chi connectivity index (χ2n) is 5.76. The van der Waals surface area contributed by atoms with Gasteiger partial charge in [0.2, 0.25) is 0 Å². The third-order valence-electron chi connectivity index (χ3n) is 4.41. The molecular weight excluding hydrogens is 242 g/mol. The molecule has 1 aliphatic rings.